The molecule has 0 radical (unpaired) electrons. The minimum absolute atomic E-state index is 0.0986. The van der Waals surface area contributed by atoms with E-state index in [2.05, 4.69) is 26.6 Å². The second-order valence-electron chi connectivity index (χ2n) is 3.49. The number of halogens is 1. The number of non-ortho nitro benzene ring substituents is 1. The fraction of sp³-hybridized carbons (Fsp3) is 0. The number of nitrogens with zero attached hydrogens (tertiary/aromatic N) is 1. The van der Waals surface area contributed by atoms with Crippen LogP contribution in [0.3, 0.4) is 0 Å². The van der Waals surface area contributed by atoms with E-state index in [4.69, 9.17) is 4.42 Å². The molecule has 1 heterocycles. The third-order valence-corrected chi connectivity index (χ3v) is 2.55. The number of nitro groups is 1. The van der Waals surface area contributed by atoms with Gasteiger partial charge in [0.1, 0.15) is 0 Å². The Morgan fingerprint density at radius 1 is 1.26 bits per heavy atom. The maximum absolute atomic E-state index is 11.6. The summed E-state index contributed by atoms with van der Waals surface area (Å²) in [4.78, 5) is 21.7. The quantitative estimate of drug-likeness (QED) is 0.665. The fourth-order valence-corrected chi connectivity index (χ4v) is 1.66. The lowest BCUT2D eigenvalue weighted by molar-refractivity contribution is -0.384. The van der Waals surface area contributed by atoms with Crippen LogP contribution in [0.25, 0.3) is 0 Å². The second kappa shape index (κ2) is 5.53. The Balaban J connectivity index is 2.02. The second-order valence-corrected chi connectivity index (χ2v) is 4.27. The lowest BCUT2D eigenvalue weighted by Crippen LogP contribution is -2.19. The Morgan fingerprint density at radius 3 is 2.68 bits per heavy atom. The monoisotopic (exact) mass is 325 g/mol. The molecule has 0 fully saturated rings. The molecule has 8 heteroatoms. The molecule has 0 bridgehead atoms. The van der Waals surface area contributed by atoms with Gasteiger partial charge in [-0.3, -0.25) is 15.4 Å². The molecule has 0 aliphatic rings. The molecule has 0 saturated heterocycles. The molecule has 98 valence electrons. The van der Waals surface area contributed by atoms with Gasteiger partial charge in [-0.05, 0) is 28.1 Å². The average Bonchev–Trinajstić information content (AvgIpc) is 2.74. The molecule has 2 amide bonds. The van der Waals surface area contributed by atoms with Crippen molar-refractivity contribution in [1.29, 1.82) is 0 Å². The van der Waals surface area contributed by atoms with Gasteiger partial charge in [0.2, 0.25) is 5.88 Å². The van der Waals surface area contributed by atoms with Gasteiger partial charge in [0.25, 0.3) is 5.69 Å². The number of carbonyl (C=O) groups excluding carboxylic acids is 1. The van der Waals surface area contributed by atoms with Gasteiger partial charge in [0, 0.05) is 23.9 Å². The van der Waals surface area contributed by atoms with Gasteiger partial charge in [0.05, 0.1) is 4.92 Å². The number of rotatable bonds is 3. The number of amides is 2. The zero-order valence-electron chi connectivity index (χ0n) is 9.42. The summed E-state index contributed by atoms with van der Waals surface area (Å²) in [6, 6.07) is 8.27. The predicted octanol–water partition coefficient (Wildman–Crippen LogP) is 3.59. The SMILES string of the molecule is O=C(Nc1cccc([N+](=O)[O-])c1)Nc1ccc(Br)o1. The van der Waals surface area contributed by atoms with E-state index >= 15 is 0 Å². The Labute approximate surface area is 115 Å². The van der Waals surface area contributed by atoms with Crippen molar-refractivity contribution in [3.63, 3.8) is 0 Å². The van der Waals surface area contributed by atoms with Gasteiger partial charge in [-0.1, -0.05) is 6.07 Å². The summed E-state index contributed by atoms with van der Waals surface area (Å²) in [6.45, 7) is 0. The van der Waals surface area contributed by atoms with Gasteiger partial charge in [-0.15, -0.1) is 0 Å². The molecule has 0 aliphatic heterocycles. The highest BCUT2D eigenvalue weighted by Gasteiger charge is 2.09. The molecule has 2 aromatic rings. The van der Waals surface area contributed by atoms with Crippen LogP contribution in [0.15, 0.2) is 45.5 Å². The molecular formula is C11H8BrN3O4. The van der Waals surface area contributed by atoms with E-state index in [-0.39, 0.29) is 11.6 Å². The van der Waals surface area contributed by atoms with E-state index < -0.39 is 11.0 Å². The van der Waals surface area contributed by atoms with Crippen molar-refractivity contribution in [2.24, 2.45) is 0 Å². The van der Waals surface area contributed by atoms with E-state index in [1.54, 1.807) is 18.2 Å². The lowest BCUT2D eigenvalue weighted by Gasteiger charge is -2.05. The third kappa shape index (κ3) is 3.55. The maximum Gasteiger partial charge on any atom is 0.326 e. The Morgan fingerprint density at radius 2 is 2.05 bits per heavy atom. The minimum Gasteiger partial charge on any atom is -0.434 e. The summed E-state index contributed by atoms with van der Waals surface area (Å²) in [5, 5.41) is 15.5. The van der Waals surface area contributed by atoms with Crippen LogP contribution >= 0.6 is 15.9 Å². The van der Waals surface area contributed by atoms with Crippen molar-refractivity contribution in [2.45, 2.75) is 0 Å². The Bertz CT molecular complexity index is 626. The zero-order chi connectivity index (χ0) is 13.8. The molecular weight excluding hydrogens is 318 g/mol. The van der Waals surface area contributed by atoms with E-state index in [0.717, 1.165) is 0 Å². The number of nitro benzene ring substituents is 1. The topological polar surface area (TPSA) is 97.4 Å². The van der Waals surface area contributed by atoms with Crippen molar-refractivity contribution < 1.29 is 14.1 Å². The van der Waals surface area contributed by atoms with E-state index in [1.807, 2.05) is 0 Å². The molecule has 2 N–H and O–H groups in total. The third-order valence-electron chi connectivity index (χ3n) is 2.12. The average molecular weight is 326 g/mol. The summed E-state index contributed by atoms with van der Waals surface area (Å²) < 4.78 is 5.57. The largest absolute Gasteiger partial charge is 0.434 e. The molecule has 0 aliphatic carbocycles. The maximum atomic E-state index is 11.6. The number of nitrogens with one attached hydrogen (secondary N) is 2. The Kier molecular flexibility index (Phi) is 3.81. The van der Waals surface area contributed by atoms with Gasteiger partial charge in [-0.2, -0.15) is 0 Å². The van der Waals surface area contributed by atoms with Gasteiger partial charge >= 0.3 is 6.03 Å². The number of carbonyl (C=O) groups is 1. The van der Waals surface area contributed by atoms with Crippen molar-refractivity contribution in [2.75, 3.05) is 10.6 Å². The standard InChI is InChI=1S/C11H8BrN3O4/c12-9-4-5-10(19-9)14-11(16)13-7-2-1-3-8(6-7)15(17)18/h1-6H,(H2,13,14,16). The molecule has 19 heavy (non-hydrogen) atoms. The molecule has 0 spiro atoms. The molecule has 0 unspecified atom stereocenters. The predicted molar refractivity (Wildman–Crippen MR) is 72.1 cm³/mol. The van der Waals surface area contributed by atoms with Crippen LogP contribution in [0, 0.1) is 10.1 Å². The van der Waals surface area contributed by atoms with Crippen molar-refractivity contribution in [3.8, 4) is 0 Å². The zero-order valence-corrected chi connectivity index (χ0v) is 11.0. The molecule has 2 rings (SSSR count). The van der Waals surface area contributed by atoms with Crippen molar-refractivity contribution in [1.82, 2.24) is 0 Å². The van der Waals surface area contributed by atoms with Gasteiger partial charge in [0.15, 0.2) is 4.67 Å². The molecule has 7 nitrogen and oxygen atoms in total. The molecule has 1 aromatic carbocycles. The van der Waals surface area contributed by atoms with Crippen LogP contribution in [0.4, 0.5) is 22.1 Å². The smallest absolute Gasteiger partial charge is 0.326 e. The Hall–Kier alpha value is -2.35. The number of benzene rings is 1. The van der Waals surface area contributed by atoms with Crippen LogP contribution in [-0.4, -0.2) is 11.0 Å². The number of furan rings is 1. The van der Waals surface area contributed by atoms with E-state index in [0.29, 0.717) is 10.4 Å². The fourth-order valence-electron chi connectivity index (χ4n) is 1.35. The molecule has 0 atom stereocenters. The van der Waals surface area contributed by atoms with Crippen LogP contribution in [0.1, 0.15) is 0 Å². The number of anilines is 2. The van der Waals surface area contributed by atoms with Crippen LogP contribution in [0.5, 0.6) is 0 Å². The van der Waals surface area contributed by atoms with E-state index in [9.17, 15) is 14.9 Å². The van der Waals surface area contributed by atoms with Crippen molar-refractivity contribution >= 4 is 39.2 Å². The van der Waals surface area contributed by atoms with Crippen LogP contribution in [0.2, 0.25) is 0 Å². The highest BCUT2D eigenvalue weighted by molar-refractivity contribution is 9.10. The number of hydrogen-bond donors (Lipinski definition) is 2. The highest BCUT2D eigenvalue weighted by Crippen LogP contribution is 2.20. The summed E-state index contributed by atoms with van der Waals surface area (Å²) in [5.74, 6) is 0.259. The first-order chi connectivity index (χ1) is 9.04. The minimum atomic E-state index is -0.553. The highest BCUT2D eigenvalue weighted by atomic mass is 79.9. The first kappa shape index (κ1) is 13.1. The van der Waals surface area contributed by atoms with Crippen LogP contribution in [-0.2, 0) is 0 Å². The van der Waals surface area contributed by atoms with Gasteiger partial charge < -0.3 is 9.73 Å². The summed E-state index contributed by atoms with van der Waals surface area (Å²) >= 11 is 3.10. The van der Waals surface area contributed by atoms with Crippen LogP contribution < -0.4 is 10.6 Å². The number of hydrogen-bond acceptors (Lipinski definition) is 4. The normalized spacial score (nSPS) is 9.95. The molecule has 0 saturated carbocycles. The van der Waals surface area contributed by atoms with Crippen molar-refractivity contribution in [3.05, 3.63) is 51.2 Å². The summed E-state index contributed by atoms with van der Waals surface area (Å²) in [7, 11) is 0. The molecule has 1 aromatic heterocycles. The first-order valence-corrected chi connectivity index (χ1v) is 5.92. The number of urea groups is 1. The summed E-state index contributed by atoms with van der Waals surface area (Å²) in [6.07, 6.45) is 0. The summed E-state index contributed by atoms with van der Waals surface area (Å²) in [5.41, 5.74) is 0.218. The van der Waals surface area contributed by atoms with Gasteiger partial charge in [-0.25, -0.2) is 4.79 Å². The first-order valence-electron chi connectivity index (χ1n) is 5.12. The van der Waals surface area contributed by atoms with E-state index in [1.165, 1.54) is 18.2 Å². The lowest BCUT2D eigenvalue weighted by atomic mass is 10.3.